The zero-order valence-electron chi connectivity index (χ0n) is 17.0. The van der Waals surface area contributed by atoms with Crippen LogP contribution in [0.3, 0.4) is 0 Å². The molecular weight excluding hydrogens is 386 g/mol. The van der Waals surface area contributed by atoms with E-state index in [0.717, 1.165) is 22.0 Å². The predicted octanol–water partition coefficient (Wildman–Crippen LogP) is 4.15. The second-order valence-electron chi connectivity index (χ2n) is 7.92. The molecule has 2 N–H and O–H groups in total. The van der Waals surface area contributed by atoms with Crippen LogP contribution >= 0.6 is 0 Å². The van der Waals surface area contributed by atoms with Crippen LogP contribution < -0.4 is 5.32 Å². The van der Waals surface area contributed by atoms with Gasteiger partial charge in [0.25, 0.3) is 5.91 Å². The first-order valence-corrected chi connectivity index (χ1v) is 10.5. The summed E-state index contributed by atoms with van der Waals surface area (Å²) in [5, 5.41) is 4.10. The van der Waals surface area contributed by atoms with E-state index in [4.69, 9.17) is 0 Å². The molecule has 1 fully saturated rings. The van der Waals surface area contributed by atoms with E-state index in [9.17, 15) is 9.59 Å². The van der Waals surface area contributed by atoms with Crippen LogP contribution in [0.4, 0.5) is 0 Å². The van der Waals surface area contributed by atoms with Crippen LogP contribution in [0.15, 0.2) is 91.1 Å². The average molecular weight is 409 g/mol. The molecule has 1 aliphatic rings. The number of carbonyl (C=O) groups excluding carboxylic acids is 2. The van der Waals surface area contributed by atoms with Crippen molar-refractivity contribution < 1.29 is 9.59 Å². The fourth-order valence-electron chi connectivity index (χ4n) is 4.14. The molecule has 31 heavy (non-hydrogen) atoms. The van der Waals surface area contributed by atoms with Crippen molar-refractivity contribution in [3.8, 4) is 0 Å². The van der Waals surface area contributed by atoms with Gasteiger partial charge in [-0.25, -0.2) is 0 Å². The number of nitrogens with zero attached hydrogens (tertiary/aromatic N) is 1. The van der Waals surface area contributed by atoms with E-state index in [0.29, 0.717) is 18.7 Å². The number of para-hydroxylation sites is 1. The molecule has 3 aromatic carbocycles. The maximum absolute atomic E-state index is 13.0. The van der Waals surface area contributed by atoms with E-state index < -0.39 is 0 Å². The highest BCUT2D eigenvalue weighted by atomic mass is 16.2. The molecule has 0 unspecified atom stereocenters. The molecule has 1 saturated heterocycles. The van der Waals surface area contributed by atoms with Gasteiger partial charge in [-0.1, -0.05) is 78.9 Å². The third kappa shape index (κ3) is 3.70. The predicted molar refractivity (Wildman–Crippen MR) is 121 cm³/mol. The molecule has 5 nitrogen and oxygen atoms in total. The standard InChI is InChI=1S/C26H23N3O2/c30-25(28-24(18-9-3-1-4-10-18)19-11-5-2-6-12-19)20-16-29(17-20)26(31)22-15-27-23-14-8-7-13-21(22)23/h1-15,20,24,27H,16-17H2,(H,28,30). The number of rotatable bonds is 5. The minimum Gasteiger partial charge on any atom is -0.360 e. The lowest BCUT2D eigenvalue weighted by atomic mass is 9.94. The van der Waals surface area contributed by atoms with Crippen molar-refractivity contribution in [3.63, 3.8) is 0 Å². The molecule has 5 heteroatoms. The lowest BCUT2D eigenvalue weighted by Gasteiger charge is -2.39. The number of H-pyrrole nitrogens is 1. The Balaban J connectivity index is 1.27. The first-order valence-electron chi connectivity index (χ1n) is 10.5. The van der Waals surface area contributed by atoms with Crippen LogP contribution in [0.2, 0.25) is 0 Å². The first-order chi connectivity index (χ1) is 15.2. The molecule has 1 aliphatic heterocycles. The van der Waals surface area contributed by atoms with Crippen LogP contribution in [0.1, 0.15) is 27.5 Å². The molecule has 0 radical (unpaired) electrons. The largest absolute Gasteiger partial charge is 0.360 e. The van der Waals surface area contributed by atoms with Gasteiger partial charge < -0.3 is 15.2 Å². The van der Waals surface area contributed by atoms with Gasteiger partial charge in [-0.3, -0.25) is 9.59 Å². The summed E-state index contributed by atoms with van der Waals surface area (Å²) in [6.07, 6.45) is 1.75. The summed E-state index contributed by atoms with van der Waals surface area (Å²) in [4.78, 5) is 30.8. The Kier molecular flexibility index (Phi) is 5.00. The van der Waals surface area contributed by atoms with Crippen molar-refractivity contribution in [2.24, 2.45) is 5.92 Å². The summed E-state index contributed by atoms with van der Waals surface area (Å²) < 4.78 is 0. The van der Waals surface area contributed by atoms with Crippen molar-refractivity contribution >= 4 is 22.7 Å². The molecule has 0 saturated carbocycles. The van der Waals surface area contributed by atoms with Crippen LogP contribution in [0.5, 0.6) is 0 Å². The van der Waals surface area contributed by atoms with E-state index in [-0.39, 0.29) is 23.8 Å². The van der Waals surface area contributed by atoms with E-state index in [1.54, 1.807) is 11.1 Å². The number of hydrogen-bond donors (Lipinski definition) is 2. The molecule has 154 valence electrons. The Morgan fingerprint density at radius 2 is 1.42 bits per heavy atom. The quantitative estimate of drug-likeness (QED) is 0.520. The number of carbonyl (C=O) groups is 2. The topological polar surface area (TPSA) is 65.2 Å². The Morgan fingerprint density at radius 1 is 0.839 bits per heavy atom. The zero-order chi connectivity index (χ0) is 21.2. The molecule has 0 bridgehead atoms. The highest BCUT2D eigenvalue weighted by Gasteiger charge is 2.37. The van der Waals surface area contributed by atoms with Gasteiger partial charge in [-0.2, -0.15) is 0 Å². The van der Waals surface area contributed by atoms with Gasteiger partial charge in [-0.05, 0) is 17.2 Å². The van der Waals surface area contributed by atoms with Crippen LogP contribution in [-0.2, 0) is 4.79 Å². The van der Waals surface area contributed by atoms with Crippen molar-refractivity contribution in [3.05, 3.63) is 108 Å². The highest BCUT2D eigenvalue weighted by Crippen LogP contribution is 2.26. The minimum absolute atomic E-state index is 0.0271. The number of likely N-dealkylation sites (tertiary alicyclic amines) is 1. The lowest BCUT2D eigenvalue weighted by Crippen LogP contribution is -2.56. The van der Waals surface area contributed by atoms with Gasteiger partial charge in [-0.15, -0.1) is 0 Å². The molecule has 5 rings (SSSR count). The minimum atomic E-state index is -0.215. The van der Waals surface area contributed by atoms with E-state index in [1.807, 2.05) is 84.9 Å². The Hall–Kier alpha value is -3.86. The number of amides is 2. The summed E-state index contributed by atoms with van der Waals surface area (Å²) in [6.45, 7) is 0.862. The maximum atomic E-state index is 13.0. The molecule has 0 aliphatic carbocycles. The third-order valence-electron chi connectivity index (χ3n) is 5.91. The smallest absolute Gasteiger partial charge is 0.256 e. The van der Waals surface area contributed by atoms with Gasteiger partial charge in [0, 0.05) is 30.2 Å². The highest BCUT2D eigenvalue weighted by molar-refractivity contribution is 6.07. The Morgan fingerprint density at radius 3 is 2.06 bits per heavy atom. The molecule has 2 heterocycles. The number of hydrogen-bond acceptors (Lipinski definition) is 2. The monoisotopic (exact) mass is 409 g/mol. The lowest BCUT2D eigenvalue weighted by molar-refractivity contribution is -0.129. The first kappa shape index (κ1) is 19.1. The normalized spacial score (nSPS) is 13.9. The number of fused-ring (bicyclic) bond motifs is 1. The summed E-state index contributed by atoms with van der Waals surface area (Å²) >= 11 is 0. The zero-order valence-corrected chi connectivity index (χ0v) is 17.0. The van der Waals surface area contributed by atoms with Gasteiger partial charge in [0.1, 0.15) is 0 Å². The van der Waals surface area contributed by atoms with Crippen LogP contribution in [-0.4, -0.2) is 34.8 Å². The molecule has 0 atom stereocenters. The number of benzene rings is 3. The van der Waals surface area contributed by atoms with Gasteiger partial charge >= 0.3 is 0 Å². The van der Waals surface area contributed by atoms with Crippen LogP contribution in [0.25, 0.3) is 10.9 Å². The molecule has 0 spiro atoms. The molecule has 4 aromatic rings. The molecule has 1 aromatic heterocycles. The average Bonchev–Trinajstić information content (AvgIpc) is 3.22. The van der Waals surface area contributed by atoms with Crippen molar-refractivity contribution in [2.45, 2.75) is 6.04 Å². The van der Waals surface area contributed by atoms with E-state index in [1.165, 1.54) is 0 Å². The number of aromatic nitrogens is 1. The second kappa shape index (κ2) is 8.11. The molecular formula is C26H23N3O2. The summed E-state index contributed by atoms with van der Waals surface area (Å²) in [7, 11) is 0. The van der Waals surface area contributed by atoms with E-state index in [2.05, 4.69) is 10.3 Å². The Labute approximate surface area is 180 Å². The molecule has 2 amide bonds. The summed E-state index contributed by atoms with van der Waals surface area (Å²) in [5.41, 5.74) is 3.66. The SMILES string of the molecule is O=C(NC(c1ccccc1)c1ccccc1)C1CN(C(=O)c2c[nH]c3ccccc23)C1. The van der Waals surface area contributed by atoms with Gasteiger partial charge in [0.05, 0.1) is 17.5 Å². The fourth-order valence-corrected chi connectivity index (χ4v) is 4.14. The number of nitrogens with one attached hydrogen (secondary N) is 2. The van der Waals surface area contributed by atoms with Crippen LogP contribution in [0, 0.1) is 5.92 Å². The fraction of sp³-hybridized carbons (Fsp3) is 0.154. The third-order valence-corrected chi connectivity index (χ3v) is 5.91. The van der Waals surface area contributed by atoms with Crippen molar-refractivity contribution in [1.82, 2.24) is 15.2 Å². The Bertz CT molecular complexity index is 1170. The van der Waals surface area contributed by atoms with Gasteiger partial charge in [0.15, 0.2) is 0 Å². The van der Waals surface area contributed by atoms with Crippen molar-refractivity contribution in [1.29, 1.82) is 0 Å². The maximum Gasteiger partial charge on any atom is 0.256 e. The summed E-state index contributed by atoms with van der Waals surface area (Å²) in [5.74, 6) is -0.270. The van der Waals surface area contributed by atoms with Gasteiger partial charge in [0.2, 0.25) is 5.91 Å². The number of aromatic amines is 1. The summed E-state index contributed by atoms with van der Waals surface area (Å²) in [6, 6.07) is 27.4. The van der Waals surface area contributed by atoms with Crippen molar-refractivity contribution in [2.75, 3.05) is 13.1 Å². The second-order valence-corrected chi connectivity index (χ2v) is 7.92. The van der Waals surface area contributed by atoms with E-state index >= 15 is 0 Å².